The molecule has 0 saturated heterocycles. The smallest absolute Gasteiger partial charge is 0.328 e. The van der Waals surface area contributed by atoms with Gasteiger partial charge in [0.1, 0.15) is 5.75 Å². The molecule has 0 spiro atoms. The number of aliphatic carboxylic acids is 1. The van der Waals surface area contributed by atoms with E-state index in [1.807, 2.05) is 39.0 Å². The molecule has 8 heteroatoms. The van der Waals surface area contributed by atoms with Gasteiger partial charge in [-0.15, -0.1) is 0 Å². The van der Waals surface area contributed by atoms with Gasteiger partial charge >= 0.3 is 5.97 Å². The van der Waals surface area contributed by atoms with Crippen molar-refractivity contribution in [1.29, 1.82) is 0 Å². The van der Waals surface area contributed by atoms with E-state index in [9.17, 15) is 14.7 Å². The predicted molar refractivity (Wildman–Crippen MR) is 108 cm³/mol. The molecule has 2 N–H and O–H groups in total. The number of carboxylic acids is 1. The Balaban J connectivity index is 2.00. The average Bonchev–Trinajstić information content (AvgIpc) is 2.58. The van der Waals surface area contributed by atoms with E-state index in [0.717, 1.165) is 3.57 Å². The molecule has 0 aliphatic carbocycles. The van der Waals surface area contributed by atoms with Crippen molar-refractivity contribution in [3.63, 3.8) is 0 Å². The minimum Gasteiger partial charge on any atom is -0.480 e. The number of rotatable bonds is 7. The van der Waals surface area contributed by atoms with Crippen molar-refractivity contribution >= 4 is 34.5 Å². The number of hydrogen-bond acceptors (Lipinski definition) is 5. The van der Waals surface area contributed by atoms with Crippen LogP contribution >= 0.6 is 22.6 Å². The number of pyridine rings is 1. The topological polar surface area (TPSA) is 97.8 Å². The summed E-state index contributed by atoms with van der Waals surface area (Å²) in [5.74, 6) is -0.747. The SMILES string of the molecule is CC(C)(C)OC[C@H](NC(=O)c1ccc(Oc2cccc(I)c2)nc1)C(=O)O. The van der Waals surface area contributed by atoms with Gasteiger partial charge in [0.15, 0.2) is 6.04 Å². The number of aromatic nitrogens is 1. The zero-order valence-corrected chi connectivity index (χ0v) is 17.4. The van der Waals surface area contributed by atoms with Gasteiger partial charge in [0.25, 0.3) is 5.91 Å². The zero-order valence-electron chi connectivity index (χ0n) is 15.2. The summed E-state index contributed by atoms with van der Waals surface area (Å²) < 4.78 is 12.1. The first-order valence-corrected chi connectivity index (χ1v) is 9.29. The number of ether oxygens (including phenoxy) is 2. The number of nitrogens with one attached hydrogen (secondary N) is 1. The maximum absolute atomic E-state index is 12.3. The molecule has 144 valence electrons. The standard InChI is InChI=1S/C19H21IN2O5/c1-19(2,3)26-11-15(18(24)25)22-17(23)12-7-8-16(21-10-12)27-14-6-4-5-13(20)9-14/h4-10,15H,11H2,1-3H3,(H,22,23)(H,24,25)/t15-/m0/s1. The molecule has 0 bridgehead atoms. The van der Waals surface area contributed by atoms with Gasteiger partial charge in [0.2, 0.25) is 5.88 Å². The summed E-state index contributed by atoms with van der Waals surface area (Å²) in [7, 11) is 0. The van der Waals surface area contributed by atoms with Crippen LogP contribution in [0, 0.1) is 3.57 Å². The molecule has 7 nitrogen and oxygen atoms in total. The third-order valence-electron chi connectivity index (χ3n) is 3.30. The van der Waals surface area contributed by atoms with Crippen molar-refractivity contribution < 1.29 is 24.2 Å². The maximum atomic E-state index is 12.3. The number of halogens is 1. The van der Waals surface area contributed by atoms with Crippen molar-refractivity contribution in [1.82, 2.24) is 10.3 Å². The van der Waals surface area contributed by atoms with Crippen LogP contribution in [-0.2, 0) is 9.53 Å². The Morgan fingerprint density at radius 2 is 2.00 bits per heavy atom. The minimum atomic E-state index is -1.17. The molecule has 0 unspecified atom stereocenters. The van der Waals surface area contributed by atoms with Crippen LogP contribution in [0.2, 0.25) is 0 Å². The van der Waals surface area contributed by atoms with Gasteiger partial charge in [-0.05, 0) is 67.6 Å². The van der Waals surface area contributed by atoms with Crippen molar-refractivity contribution in [2.75, 3.05) is 6.61 Å². The van der Waals surface area contributed by atoms with Crippen LogP contribution in [0.15, 0.2) is 42.6 Å². The largest absolute Gasteiger partial charge is 0.480 e. The minimum absolute atomic E-state index is 0.133. The highest BCUT2D eigenvalue weighted by atomic mass is 127. The van der Waals surface area contributed by atoms with E-state index in [1.165, 1.54) is 12.3 Å². The van der Waals surface area contributed by atoms with Gasteiger partial charge in [0, 0.05) is 15.8 Å². The molecule has 0 aliphatic rings. The van der Waals surface area contributed by atoms with Crippen molar-refractivity contribution in [3.05, 3.63) is 51.7 Å². The van der Waals surface area contributed by atoms with E-state index in [4.69, 9.17) is 9.47 Å². The van der Waals surface area contributed by atoms with Gasteiger partial charge in [-0.2, -0.15) is 0 Å². The van der Waals surface area contributed by atoms with Gasteiger partial charge < -0.3 is 19.9 Å². The molecule has 0 aliphatic heterocycles. The Hall–Kier alpha value is -2.20. The molecule has 1 aromatic heterocycles. The first-order chi connectivity index (χ1) is 12.6. The molecule has 1 atom stereocenters. The van der Waals surface area contributed by atoms with Crippen molar-refractivity contribution in [2.24, 2.45) is 0 Å². The van der Waals surface area contributed by atoms with E-state index in [-0.39, 0.29) is 12.2 Å². The lowest BCUT2D eigenvalue weighted by Crippen LogP contribution is -2.45. The molecule has 0 fully saturated rings. The van der Waals surface area contributed by atoms with Gasteiger partial charge in [0.05, 0.1) is 17.8 Å². The summed E-state index contributed by atoms with van der Waals surface area (Å²) in [6.45, 7) is 5.30. The average molecular weight is 484 g/mol. The van der Waals surface area contributed by atoms with Crippen LogP contribution in [0.3, 0.4) is 0 Å². The maximum Gasteiger partial charge on any atom is 0.328 e. The highest BCUT2D eigenvalue weighted by molar-refractivity contribution is 14.1. The summed E-state index contributed by atoms with van der Waals surface area (Å²) in [6.07, 6.45) is 1.34. The molecular formula is C19H21IN2O5. The van der Waals surface area contributed by atoms with E-state index >= 15 is 0 Å². The fraction of sp³-hybridized carbons (Fsp3) is 0.316. The predicted octanol–water partition coefficient (Wildman–Crippen LogP) is 3.48. The molecule has 1 amide bonds. The van der Waals surface area contributed by atoms with E-state index < -0.39 is 23.5 Å². The van der Waals surface area contributed by atoms with E-state index in [2.05, 4.69) is 32.9 Å². The lowest BCUT2D eigenvalue weighted by atomic mass is 10.2. The summed E-state index contributed by atoms with van der Waals surface area (Å²) in [6, 6.07) is 9.39. The van der Waals surface area contributed by atoms with Crippen molar-refractivity contribution in [2.45, 2.75) is 32.4 Å². The number of benzene rings is 1. The van der Waals surface area contributed by atoms with Gasteiger partial charge in [-0.1, -0.05) is 6.07 Å². The second-order valence-corrected chi connectivity index (χ2v) is 7.98. The highest BCUT2D eigenvalue weighted by Crippen LogP contribution is 2.21. The fourth-order valence-corrected chi connectivity index (χ4v) is 2.49. The number of carbonyl (C=O) groups excluding carboxylic acids is 1. The van der Waals surface area contributed by atoms with Crippen LogP contribution in [0.5, 0.6) is 11.6 Å². The van der Waals surface area contributed by atoms with Crippen LogP contribution in [0.4, 0.5) is 0 Å². The Bertz CT molecular complexity index is 802. The Morgan fingerprint density at radius 1 is 1.26 bits per heavy atom. The third kappa shape index (κ3) is 7.14. The van der Waals surface area contributed by atoms with Gasteiger partial charge in [-0.25, -0.2) is 9.78 Å². The van der Waals surface area contributed by atoms with Crippen LogP contribution in [-0.4, -0.2) is 40.2 Å². The molecule has 2 rings (SSSR count). The molecule has 27 heavy (non-hydrogen) atoms. The Kier molecular flexibility index (Phi) is 7.14. The summed E-state index contributed by atoms with van der Waals surface area (Å²) >= 11 is 2.18. The fourth-order valence-electron chi connectivity index (χ4n) is 1.98. The van der Waals surface area contributed by atoms with E-state index in [0.29, 0.717) is 11.6 Å². The molecule has 1 aromatic carbocycles. The second kappa shape index (κ2) is 9.14. The normalized spacial score (nSPS) is 12.3. The third-order valence-corrected chi connectivity index (χ3v) is 3.97. The number of amides is 1. The summed E-state index contributed by atoms with van der Waals surface area (Å²) in [5, 5.41) is 11.7. The summed E-state index contributed by atoms with van der Waals surface area (Å²) in [4.78, 5) is 27.7. The lowest BCUT2D eigenvalue weighted by molar-refractivity contribution is -0.142. The molecule has 1 heterocycles. The number of hydrogen-bond donors (Lipinski definition) is 2. The molecule has 0 radical (unpaired) electrons. The molecule has 2 aromatic rings. The molecule has 0 saturated carbocycles. The molecular weight excluding hydrogens is 463 g/mol. The second-order valence-electron chi connectivity index (χ2n) is 6.73. The Morgan fingerprint density at radius 3 is 2.56 bits per heavy atom. The van der Waals surface area contributed by atoms with E-state index in [1.54, 1.807) is 12.1 Å². The lowest BCUT2D eigenvalue weighted by Gasteiger charge is -2.23. The first-order valence-electron chi connectivity index (χ1n) is 8.21. The zero-order chi connectivity index (χ0) is 20.0. The van der Waals surface area contributed by atoms with Crippen molar-refractivity contribution in [3.8, 4) is 11.6 Å². The van der Waals surface area contributed by atoms with Crippen LogP contribution in [0.25, 0.3) is 0 Å². The van der Waals surface area contributed by atoms with Crippen LogP contribution in [0.1, 0.15) is 31.1 Å². The highest BCUT2D eigenvalue weighted by Gasteiger charge is 2.23. The quantitative estimate of drug-likeness (QED) is 0.585. The first kappa shape index (κ1) is 21.1. The van der Waals surface area contributed by atoms with Crippen LogP contribution < -0.4 is 10.1 Å². The van der Waals surface area contributed by atoms with Gasteiger partial charge in [-0.3, -0.25) is 4.79 Å². The Labute approximate surface area is 171 Å². The monoisotopic (exact) mass is 484 g/mol. The summed E-state index contributed by atoms with van der Waals surface area (Å²) in [5.41, 5.74) is -0.277. The number of carbonyl (C=O) groups is 2. The number of nitrogens with zero attached hydrogens (tertiary/aromatic N) is 1. The number of carboxylic acid groups (broad SMARTS) is 1.